The number of hydrogen-bond acceptors (Lipinski definition) is 4. The van der Waals surface area contributed by atoms with Crippen molar-refractivity contribution in [3.8, 4) is 0 Å². The molecule has 1 N–H and O–H groups in total. The van der Waals surface area contributed by atoms with Crippen molar-refractivity contribution in [1.29, 1.82) is 0 Å². The van der Waals surface area contributed by atoms with Crippen LogP contribution in [0.1, 0.15) is 41.8 Å². The second-order valence-electron chi connectivity index (χ2n) is 6.55. The number of non-ortho nitro benzene ring substituents is 1. The van der Waals surface area contributed by atoms with Crippen molar-refractivity contribution in [2.75, 3.05) is 6.61 Å². The number of rotatable bonds is 4. The normalized spacial score (nSPS) is 23.0. The Hall–Kier alpha value is -2.73. The zero-order valence-corrected chi connectivity index (χ0v) is 14.0. The molecule has 1 saturated heterocycles. The van der Waals surface area contributed by atoms with E-state index in [0.717, 1.165) is 5.56 Å². The maximum atomic E-state index is 12.5. The fraction of sp³-hybridized carbons (Fsp3) is 0.316. The summed E-state index contributed by atoms with van der Waals surface area (Å²) < 4.78 is 5.81. The molecule has 2 aromatic carbocycles. The molecule has 130 valence electrons. The van der Waals surface area contributed by atoms with Crippen LogP contribution in [0.3, 0.4) is 0 Å². The molecule has 0 bridgehead atoms. The minimum atomic E-state index is -0.430. The summed E-state index contributed by atoms with van der Waals surface area (Å²) in [5, 5.41) is 14.1. The topological polar surface area (TPSA) is 81.5 Å². The van der Waals surface area contributed by atoms with E-state index in [1.165, 1.54) is 12.1 Å². The van der Waals surface area contributed by atoms with Gasteiger partial charge in [0, 0.05) is 36.3 Å². The van der Waals surface area contributed by atoms with Gasteiger partial charge < -0.3 is 10.1 Å². The van der Waals surface area contributed by atoms with E-state index in [9.17, 15) is 14.9 Å². The Morgan fingerprint density at radius 2 is 2.00 bits per heavy atom. The van der Waals surface area contributed by atoms with Crippen molar-refractivity contribution in [3.05, 3.63) is 75.8 Å². The second kappa shape index (κ2) is 7.03. The summed E-state index contributed by atoms with van der Waals surface area (Å²) in [4.78, 5) is 23.0. The minimum absolute atomic E-state index is 0.0432. The highest BCUT2D eigenvalue weighted by molar-refractivity contribution is 5.94. The first-order valence-electron chi connectivity index (χ1n) is 8.20. The first kappa shape index (κ1) is 17.1. The van der Waals surface area contributed by atoms with Gasteiger partial charge in [-0.25, -0.2) is 0 Å². The molecule has 6 nitrogen and oxygen atoms in total. The van der Waals surface area contributed by atoms with Gasteiger partial charge in [0.2, 0.25) is 0 Å². The molecule has 25 heavy (non-hydrogen) atoms. The zero-order chi connectivity index (χ0) is 17.9. The van der Waals surface area contributed by atoms with Crippen molar-refractivity contribution < 1.29 is 14.5 Å². The summed E-state index contributed by atoms with van der Waals surface area (Å²) in [7, 11) is 0. The van der Waals surface area contributed by atoms with Gasteiger partial charge in [-0.05, 0) is 31.0 Å². The largest absolute Gasteiger partial charge is 0.373 e. The van der Waals surface area contributed by atoms with Gasteiger partial charge in [0.15, 0.2) is 0 Å². The van der Waals surface area contributed by atoms with Crippen molar-refractivity contribution in [3.63, 3.8) is 0 Å². The number of benzene rings is 2. The summed E-state index contributed by atoms with van der Waals surface area (Å²) in [6, 6.07) is 15.5. The quantitative estimate of drug-likeness (QED) is 0.680. The maximum Gasteiger partial charge on any atom is 0.269 e. The lowest BCUT2D eigenvalue weighted by molar-refractivity contribution is -0.385. The molecular formula is C19H20N2O4. The predicted octanol–water partition coefficient (Wildman–Crippen LogP) is 3.64. The third kappa shape index (κ3) is 4.03. The SMILES string of the molecule is C[C@]1(NC(=O)c2ccccc2)CCO[C@H](c2cccc([N+](=O)[O-])c2)C1. The van der Waals surface area contributed by atoms with Crippen LogP contribution in [0, 0.1) is 10.1 Å². The molecular weight excluding hydrogens is 320 g/mol. The van der Waals surface area contributed by atoms with Gasteiger partial charge >= 0.3 is 0 Å². The third-order valence-corrected chi connectivity index (χ3v) is 4.51. The van der Waals surface area contributed by atoms with Gasteiger partial charge in [-0.3, -0.25) is 14.9 Å². The van der Waals surface area contributed by atoms with Gasteiger partial charge in [0.25, 0.3) is 11.6 Å². The first-order chi connectivity index (χ1) is 12.0. The summed E-state index contributed by atoms with van der Waals surface area (Å²) >= 11 is 0. The average molecular weight is 340 g/mol. The van der Waals surface area contributed by atoms with Gasteiger partial charge in [-0.15, -0.1) is 0 Å². The fourth-order valence-electron chi connectivity index (χ4n) is 3.10. The number of nitro groups is 1. The van der Waals surface area contributed by atoms with Crippen LogP contribution in [0.2, 0.25) is 0 Å². The molecule has 0 aromatic heterocycles. The lowest BCUT2D eigenvalue weighted by Crippen LogP contribution is -2.50. The van der Waals surface area contributed by atoms with Crippen molar-refractivity contribution >= 4 is 11.6 Å². The van der Waals surface area contributed by atoms with E-state index in [4.69, 9.17) is 4.74 Å². The van der Waals surface area contributed by atoms with E-state index in [0.29, 0.717) is 25.0 Å². The van der Waals surface area contributed by atoms with Crippen LogP contribution < -0.4 is 5.32 Å². The monoisotopic (exact) mass is 340 g/mol. The number of nitrogens with zero attached hydrogens (tertiary/aromatic N) is 1. The Balaban J connectivity index is 1.75. The van der Waals surface area contributed by atoms with Crippen LogP contribution in [0.25, 0.3) is 0 Å². The van der Waals surface area contributed by atoms with E-state index >= 15 is 0 Å². The van der Waals surface area contributed by atoms with Crippen LogP contribution in [-0.4, -0.2) is 23.0 Å². The molecule has 3 rings (SSSR count). The number of amides is 1. The lowest BCUT2D eigenvalue weighted by Gasteiger charge is -2.39. The first-order valence-corrected chi connectivity index (χ1v) is 8.20. The molecule has 0 saturated carbocycles. The van der Waals surface area contributed by atoms with E-state index in [-0.39, 0.29) is 17.7 Å². The molecule has 2 aromatic rings. The Labute approximate surface area is 146 Å². The summed E-state index contributed by atoms with van der Waals surface area (Å²) in [6.45, 7) is 2.47. The van der Waals surface area contributed by atoms with Gasteiger partial charge in [-0.2, -0.15) is 0 Å². The molecule has 1 aliphatic heterocycles. The molecule has 6 heteroatoms. The molecule has 0 unspecified atom stereocenters. The summed E-state index contributed by atoms with van der Waals surface area (Å²) in [5.74, 6) is -0.122. The number of carbonyl (C=O) groups excluding carboxylic acids is 1. The number of nitrogens with one attached hydrogen (secondary N) is 1. The van der Waals surface area contributed by atoms with Crippen LogP contribution in [0.4, 0.5) is 5.69 Å². The van der Waals surface area contributed by atoms with Gasteiger partial charge in [-0.1, -0.05) is 30.3 Å². The Bertz CT molecular complexity index is 778. The second-order valence-corrected chi connectivity index (χ2v) is 6.55. The molecule has 1 fully saturated rings. The molecule has 0 aliphatic carbocycles. The molecule has 1 aliphatic rings. The standard InChI is InChI=1S/C19H20N2O4/c1-19(20-18(22)14-6-3-2-4-7-14)10-11-25-17(13-19)15-8-5-9-16(12-15)21(23)24/h2-9,12,17H,10-11,13H2,1H3,(H,20,22)/t17-,19-/m0/s1. The Kier molecular flexibility index (Phi) is 4.81. The maximum absolute atomic E-state index is 12.5. The highest BCUT2D eigenvalue weighted by Gasteiger charge is 2.35. The Morgan fingerprint density at radius 3 is 2.72 bits per heavy atom. The molecule has 1 heterocycles. The van der Waals surface area contributed by atoms with Crippen LogP contribution >= 0.6 is 0 Å². The highest BCUT2D eigenvalue weighted by atomic mass is 16.6. The molecule has 0 spiro atoms. The van der Waals surface area contributed by atoms with Crippen LogP contribution in [-0.2, 0) is 4.74 Å². The fourth-order valence-corrected chi connectivity index (χ4v) is 3.10. The van der Waals surface area contributed by atoms with Crippen molar-refractivity contribution in [2.24, 2.45) is 0 Å². The predicted molar refractivity (Wildman–Crippen MR) is 93.3 cm³/mol. The van der Waals surface area contributed by atoms with Crippen LogP contribution in [0.5, 0.6) is 0 Å². The summed E-state index contributed by atoms with van der Waals surface area (Å²) in [6.07, 6.45) is 0.971. The van der Waals surface area contributed by atoms with Crippen LogP contribution in [0.15, 0.2) is 54.6 Å². The number of hydrogen-bond donors (Lipinski definition) is 1. The van der Waals surface area contributed by atoms with E-state index < -0.39 is 10.5 Å². The molecule has 2 atom stereocenters. The van der Waals surface area contributed by atoms with Crippen molar-refractivity contribution in [1.82, 2.24) is 5.32 Å². The highest BCUT2D eigenvalue weighted by Crippen LogP contribution is 2.35. The van der Waals surface area contributed by atoms with Crippen molar-refractivity contribution in [2.45, 2.75) is 31.4 Å². The summed E-state index contributed by atoms with van der Waals surface area (Å²) in [5.41, 5.74) is 0.985. The molecule has 1 amide bonds. The smallest absolute Gasteiger partial charge is 0.269 e. The van der Waals surface area contributed by atoms with E-state index in [1.54, 1.807) is 18.2 Å². The number of nitro benzene ring substituents is 1. The van der Waals surface area contributed by atoms with Gasteiger partial charge in [0.1, 0.15) is 0 Å². The third-order valence-electron chi connectivity index (χ3n) is 4.51. The average Bonchev–Trinajstić information content (AvgIpc) is 2.62. The lowest BCUT2D eigenvalue weighted by atomic mass is 9.85. The number of carbonyl (C=O) groups is 1. The van der Waals surface area contributed by atoms with E-state index in [1.807, 2.05) is 31.2 Å². The van der Waals surface area contributed by atoms with E-state index in [2.05, 4.69) is 5.32 Å². The number of ether oxygens (including phenoxy) is 1. The van der Waals surface area contributed by atoms with Gasteiger partial charge in [0.05, 0.1) is 11.0 Å². The molecule has 0 radical (unpaired) electrons. The Morgan fingerprint density at radius 1 is 1.24 bits per heavy atom. The minimum Gasteiger partial charge on any atom is -0.373 e. The zero-order valence-electron chi connectivity index (χ0n) is 14.0.